The van der Waals surface area contributed by atoms with Crippen LogP contribution in [0, 0.1) is 6.92 Å². The molecular weight excluding hydrogens is 282 g/mol. The van der Waals surface area contributed by atoms with Gasteiger partial charge in [0.25, 0.3) is 0 Å². The SMILES string of the molecule is Cc1ccc(S(=O)(=O)N2CC3=C(CCCC/C=C\3)C2)cc1. The van der Waals surface area contributed by atoms with Crippen molar-refractivity contribution in [2.24, 2.45) is 0 Å². The molecule has 1 heterocycles. The molecule has 0 amide bonds. The van der Waals surface area contributed by atoms with Crippen LogP contribution in [-0.4, -0.2) is 25.8 Å². The predicted octanol–water partition coefficient (Wildman–Crippen LogP) is 3.43. The zero-order chi connectivity index (χ0) is 14.9. The fourth-order valence-corrected chi connectivity index (χ4v) is 4.35. The van der Waals surface area contributed by atoms with Crippen molar-refractivity contribution in [2.45, 2.75) is 37.5 Å². The van der Waals surface area contributed by atoms with E-state index < -0.39 is 10.0 Å². The average molecular weight is 303 g/mol. The summed E-state index contributed by atoms with van der Waals surface area (Å²) >= 11 is 0. The summed E-state index contributed by atoms with van der Waals surface area (Å²) in [7, 11) is -3.38. The summed E-state index contributed by atoms with van der Waals surface area (Å²) in [5.41, 5.74) is 3.57. The van der Waals surface area contributed by atoms with E-state index >= 15 is 0 Å². The molecule has 0 aromatic heterocycles. The van der Waals surface area contributed by atoms with Crippen molar-refractivity contribution in [3.05, 3.63) is 53.1 Å². The van der Waals surface area contributed by atoms with Crippen LogP contribution in [0.15, 0.2) is 52.5 Å². The molecule has 112 valence electrons. The van der Waals surface area contributed by atoms with E-state index in [-0.39, 0.29) is 0 Å². The first kappa shape index (κ1) is 14.5. The zero-order valence-corrected chi connectivity index (χ0v) is 13.2. The third-order valence-electron chi connectivity index (χ3n) is 4.25. The van der Waals surface area contributed by atoms with E-state index in [1.165, 1.54) is 17.6 Å². The van der Waals surface area contributed by atoms with Gasteiger partial charge in [-0.15, -0.1) is 0 Å². The molecule has 3 rings (SSSR count). The minimum Gasteiger partial charge on any atom is -0.207 e. The molecule has 0 unspecified atom stereocenters. The Morgan fingerprint density at radius 2 is 1.81 bits per heavy atom. The minimum absolute atomic E-state index is 0.396. The van der Waals surface area contributed by atoms with Crippen molar-refractivity contribution in [1.82, 2.24) is 4.31 Å². The van der Waals surface area contributed by atoms with Crippen LogP contribution in [0.4, 0.5) is 0 Å². The van der Waals surface area contributed by atoms with Crippen LogP contribution in [0.3, 0.4) is 0 Å². The molecule has 0 fully saturated rings. The lowest BCUT2D eigenvalue weighted by Crippen LogP contribution is -2.29. The van der Waals surface area contributed by atoms with Crippen molar-refractivity contribution in [3.8, 4) is 0 Å². The van der Waals surface area contributed by atoms with Gasteiger partial charge < -0.3 is 0 Å². The highest BCUT2D eigenvalue weighted by Gasteiger charge is 2.31. The minimum atomic E-state index is -3.38. The first-order valence-corrected chi connectivity index (χ1v) is 8.95. The van der Waals surface area contributed by atoms with Crippen molar-refractivity contribution >= 4 is 10.0 Å². The summed E-state index contributed by atoms with van der Waals surface area (Å²) in [6.07, 6.45) is 8.77. The third-order valence-corrected chi connectivity index (χ3v) is 6.05. The predicted molar refractivity (Wildman–Crippen MR) is 84.6 cm³/mol. The van der Waals surface area contributed by atoms with Gasteiger partial charge in [0.1, 0.15) is 0 Å². The maximum atomic E-state index is 12.7. The Kier molecular flexibility index (Phi) is 4.00. The lowest BCUT2D eigenvalue weighted by Gasteiger charge is -2.17. The van der Waals surface area contributed by atoms with Crippen molar-refractivity contribution in [3.63, 3.8) is 0 Å². The molecular formula is C17H21NO2S. The van der Waals surface area contributed by atoms with Gasteiger partial charge in [-0.1, -0.05) is 35.4 Å². The maximum absolute atomic E-state index is 12.7. The number of benzene rings is 1. The van der Waals surface area contributed by atoms with Gasteiger partial charge in [-0.2, -0.15) is 4.31 Å². The Labute approximate surface area is 127 Å². The Balaban J connectivity index is 1.84. The Morgan fingerprint density at radius 1 is 1.05 bits per heavy atom. The van der Waals surface area contributed by atoms with Gasteiger partial charge in [0.2, 0.25) is 10.0 Å². The van der Waals surface area contributed by atoms with Gasteiger partial charge in [-0.05, 0) is 50.3 Å². The van der Waals surface area contributed by atoms with Gasteiger partial charge in [-0.25, -0.2) is 8.42 Å². The number of nitrogens with zero attached hydrogens (tertiary/aromatic N) is 1. The molecule has 0 saturated carbocycles. The second-order valence-corrected chi connectivity index (χ2v) is 7.80. The summed E-state index contributed by atoms with van der Waals surface area (Å²) in [4.78, 5) is 0.396. The molecule has 1 aromatic rings. The Hall–Kier alpha value is -1.39. The summed E-state index contributed by atoms with van der Waals surface area (Å²) in [5, 5.41) is 0. The molecule has 0 bridgehead atoms. The van der Waals surface area contributed by atoms with Crippen LogP contribution in [0.1, 0.15) is 31.2 Å². The molecule has 0 atom stereocenters. The topological polar surface area (TPSA) is 37.4 Å². The van der Waals surface area contributed by atoms with E-state index in [9.17, 15) is 8.42 Å². The molecule has 0 saturated heterocycles. The standard InChI is InChI=1S/C17H21NO2S/c1-14-8-10-17(11-9-14)21(19,20)18-12-15-6-4-2-3-5-7-16(15)13-18/h4,6,8-11H,2-3,5,7,12-13H2,1H3/b6-4-. The van der Waals surface area contributed by atoms with Gasteiger partial charge >= 0.3 is 0 Å². The monoisotopic (exact) mass is 303 g/mol. The lowest BCUT2D eigenvalue weighted by molar-refractivity contribution is 0.479. The number of allylic oxidation sites excluding steroid dienone is 1. The maximum Gasteiger partial charge on any atom is 0.243 e. The van der Waals surface area contributed by atoms with Gasteiger partial charge in [0.15, 0.2) is 0 Å². The summed E-state index contributed by atoms with van der Waals surface area (Å²) < 4.78 is 27.1. The molecule has 3 nitrogen and oxygen atoms in total. The average Bonchev–Trinajstić information content (AvgIpc) is 2.82. The van der Waals surface area contributed by atoms with Crippen molar-refractivity contribution in [2.75, 3.05) is 13.1 Å². The second kappa shape index (κ2) is 5.78. The van der Waals surface area contributed by atoms with E-state index in [2.05, 4.69) is 12.2 Å². The van der Waals surface area contributed by atoms with E-state index in [4.69, 9.17) is 0 Å². The van der Waals surface area contributed by atoms with Crippen LogP contribution in [0.25, 0.3) is 0 Å². The van der Waals surface area contributed by atoms with Gasteiger partial charge in [-0.3, -0.25) is 0 Å². The van der Waals surface area contributed by atoms with Crippen LogP contribution < -0.4 is 0 Å². The highest BCUT2D eigenvalue weighted by Crippen LogP contribution is 2.29. The number of hydrogen-bond acceptors (Lipinski definition) is 2. The number of hydrogen-bond donors (Lipinski definition) is 0. The second-order valence-electron chi connectivity index (χ2n) is 5.86. The third kappa shape index (κ3) is 2.97. The first-order chi connectivity index (χ1) is 10.1. The molecule has 2 aliphatic rings. The molecule has 1 aliphatic carbocycles. The van der Waals surface area contributed by atoms with Crippen molar-refractivity contribution < 1.29 is 8.42 Å². The van der Waals surface area contributed by atoms with Crippen LogP contribution >= 0.6 is 0 Å². The van der Waals surface area contributed by atoms with Crippen LogP contribution in [0.5, 0.6) is 0 Å². The molecule has 1 aliphatic heterocycles. The number of rotatable bonds is 2. The van der Waals surface area contributed by atoms with E-state index in [1.807, 2.05) is 19.1 Å². The number of aryl methyl sites for hydroxylation is 1. The van der Waals surface area contributed by atoms with E-state index in [0.717, 1.165) is 24.8 Å². The van der Waals surface area contributed by atoms with Crippen LogP contribution in [0.2, 0.25) is 0 Å². The lowest BCUT2D eigenvalue weighted by atomic mass is 10.0. The Bertz CT molecular complexity index is 684. The quantitative estimate of drug-likeness (QED) is 0.839. The molecule has 21 heavy (non-hydrogen) atoms. The van der Waals surface area contributed by atoms with Gasteiger partial charge in [0, 0.05) is 13.1 Å². The Morgan fingerprint density at radius 3 is 2.57 bits per heavy atom. The largest absolute Gasteiger partial charge is 0.243 e. The first-order valence-electron chi connectivity index (χ1n) is 7.51. The summed E-state index contributed by atoms with van der Waals surface area (Å²) in [6, 6.07) is 7.12. The molecule has 1 aromatic carbocycles. The smallest absolute Gasteiger partial charge is 0.207 e. The van der Waals surface area contributed by atoms with Gasteiger partial charge in [0.05, 0.1) is 4.90 Å². The molecule has 4 heteroatoms. The highest BCUT2D eigenvalue weighted by molar-refractivity contribution is 7.89. The van der Waals surface area contributed by atoms with E-state index in [0.29, 0.717) is 18.0 Å². The summed E-state index contributed by atoms with van der Waals surface area (Å²) in [6.45, 7) is 3.03. The molecule has 0 N–H and O–H groups in total. The fraction of sp³-hybridized carbons (Fsp3) is 0.412. The normalized spacial score (nSPS) is 21.8. The molecule has 0 spiro atoms. The fourth-order valence-electron chi connectivity index (χ4n) is 2.94. The molecule has 0 radical (unpaired) electrons. The summed E-state index contributed by atoms with van der Waals surface area (Å²) in [5.74, 6) is 0. The zero-order valence-electron chi connectivity index (χ0n) is 12.4. The number of sulfonamides is 1. The van der Waals surface area contributed by atoms with Crippen LogP contribution in [-0.2, 0) is 10.0 Å². The highest BCUT2D eigenvalue weighted by atomic mass is 32.2. The van der Waals surface area contributed by atoms with E-state index in [1.54, 1.807) is 16.4 Å². The van der Waals surface area contributed by atoms with Crippen molar-refractivity contribution in [1.29, 1.82) is 0 Å².